The second-order valence-electron chi connectivity index (χ2n) is 11.2. The molecule has 0 bridgehead atoms. The Bertz CT molecular complexity index is 721. The molecule has 152 valence electrons. The van der Waals surface area contributed by atoms with Crippen LogP contribution in [-0.2, 0) is 0 Å². The number of nitrogens with zero attached hydrogens (tertiary/aromatic N) is 4. The van der Waals surface area contributed by atoms with Gasteiger partial charge < -0.3 is 9.80 Å². The minimum Gasteiger partial charge on any atom is -0.311 e. The molecule has 9 atom stereocenters. The van der Waals surface area contributed by atoms with Gasteiger partial charge in [0.05, 0.1) is 0 Å². The molecule has 0 amide bonds. The molecule has 0 aromatic carbocycles. The van der Waals surface area contributed by atoms with Gasteiger partial charge in [0.25, 0.3) is 0 Å². The average molecular weight is 381 g/mol. The molecule has 4 nitrogen and oxygen atoms in total. The first kappa shape index (κ1) is 18.6. The summed E-state index contributed by atoms with van der Waals surface area (Å²) in [5, 5.41) is 19.0. The molecule has 1 saturated heterocycles. The Morgan fingerprint density at radius 3 is 2.50 bits per heavy atom. The fraction of sp³-hybridized carbons (Fsp3) is 0.917. The van der Waals surface area contributed by atoms with Gasteiger partial charge in [-0.3, -0.25) is 0 Å². The predicted octanol–water partition coefficient (Wildman–Crippen LogP) is 4.59. The maximum Gasteiger partial charge on any atom is 0.179 e. The Kier molecular flexibility index (Phi) is 4.18. The first-order valence-corrected chi connectivity index (χ1v) is 11.7. The summed E-state index contributed by atoms with van der Waals surface area (Å²) >= 11 is 0. The Balaban J connectivity index is 1.39. The van der Waals surface area contributed by atoms with E-state index in [1.165, 1.54) is 57.8 Å². The molecule has 1 aliphatic heterocycles. The van der Waals surface area contributed by atoms with E-state index in [0.29, 0.717) is 22.9 Å². The molecule has 5 rings (SSSR count). The summed E-state index contributed by atoms with van der Waals surface area (Å²) < 4.78 is 0. The summed E-state index contributed by atoms with van der Waals surface area (Å²) in [7, 11) is 1.98. The zero-order valence-corrected chi connectivity index (χ0v) is 17.9. The number of fused-ring (bicyclic) bond motifs is 4. The molecule has 0 unspecified atom stereocenters. The van der Waals surface area contributed by atoms with Gasteiger partial charge in [-0.1, -0.05) is 6.92 Å². The molecular formula is C24H36N4. The number of likely N-dealkylation sites (tertiary alicyclic amines) is 1. The topological polar surface area (TPSA) is 54.1 Å². The number of nitriles is 2. The van der Waals surface area contributed by atoms with Crippen LogP contribution in [0.2, 0.25) is 0 Å². The van der Waals surface area contributed by atoms with Crippen molar-refractivity contribution in [3.63, 3.8) is 0 Å². The van der Waals surface area contributed by atoms with E-state index in [0.717, 1.165) is 36.1 Å². The van der Waals surface area contributed by atoms with Crippen LogP contribution in [0.3, 0.4) is 0 Å². The average Bonchev–Trinajstić information content (AvgIpc) is 3.21. The smallest absolute Gasteiger partial charge is 0.179 e. The lowest BCUT2D eigenvalue weighted by molar-refractivity contribution is -0.117. The normalized spacial score (nSPS) is 51.9. The van der Waals surface area contributed by atoms with Crippen molar-refractivity contribution in [2.45, 2.75) is 83.7 Å². The second kappa shape index (κ2) is 6.29. The molecule has 0 N–H and O–H groups in total. The summed E-state index contributed by atoms with van der Waals surface area (Å²) in [6, 6.07) is 0.917. The fourth-order valence-corrected chi connectivity index (χ4v) is 9.36. The van der Waals surface area contributed by atoms with Crippen LogP contribution in [0.4, 0.5) is 0 Å². The number of hydrogen-bond acceptors (Lipinski definition) is 4. The first-order chi connectivity index (χ1) is 13.4. The zero-order valence-electron chi connectivity index (χ0n) is 17.9. The van der Waals surface area contributed by atoms with E-state index in [9.17, 15) is 10.5 Å². The largest absolute Gasteiger partial charge is 0.311 e. The molecular weight excluding hydrogens is 344 g/mol. The summed E-state index contributed by atoms with van der Waals surface area (Å²) in [5.41, 5.74) is 0.923. The van der Waals surface area contributed by atoms with Crippen LogP contribution in [0, 0.1) is 63.3 Å². The highest BCUT2D eigenvalue weighted by Gasteiger charge is 2.65. The van der Waals surface area contributed by atoms with Crippen LogP contribution in [-0.4, -0.2) is 35.5 Å². The molecule has 4 heteroatoms. The van der Waals surface area contributed by atoms with E-state index in [1.807, 2.05) is 11.9 Å². The lowest BCUT2D eigenvalue weighted by Gasteiger charge is -2.61. The monoisotopic (exact) mass is 380 g/mol. The highest BCUT2D eigenvalue weighted by molar-refractivity contribution is 5.16. The van der Waals surface area contributed by atoms with Gasteiger partial charge in [0.1, 0.15) is 0 Å². The maximum absolute atomic E-state index is 9.65. The van der Waals surface area contributed by atoms with Crippen molar-refractivity contribution in [1.29, 1.82) is 10.5 Å². The molecule has 5 aliphatic rings. The molecule has 4 saturated carbocycles. The summed E-state index contributed by atoms with van der Waals surface area (Å²) in [6.07, 6.45) is 16.9. The third-order valence-electron chi connectivity index (χ3n) is 10.8. The Labute approximate surface area is 170 Å². The minimum absolute atomic E-state index is 0.442. The molecule has 0 radical (unpaired) electrons. The van der Waals surface area contributed by atoms with E-state index >= 15 is 0 Å². The van der Waals surface area contributed by atoms with Crippen molar-refractivity contribution in [1.82, 2.24) is 9.80 Å². The standard InChI is InChI=1S/C24H36N4/c1-16-20-6-7-22-19-5-4-17-12-18(27(3)14-25)8-10-23(17,2)21(19)9-11-24(20,22)13-28(16)15-26/h16-22H,4-13H2,1-3H3/t16-,17-,18-,19+,20+,21-,22-,23-,24-/m0/s1. The summed E-state index contributed by atoms with van der Waals surface area (Å²) in [6.45, 7) is 5.96. The molecule has 0 aromatic heterocycles. The van der Waals surface area contributed by atoms with Gasteiger partial charge in [-0.15, -0.1) is 0 Å². The predicted molar refractivity (Wildman–Crippen MR) is 108 cm³/mol. The van der Waals surface area contributed by atoms with Gasteiger partial charge in [0, 0.05) is 25.7 Å². The van der Waals surface area contributed by atoms with Gasteiger partial charge >= 0.3 is 0 Å². The summed E-state index contributed by atoms with van der Waals surface area (Å²) in [5.74, 6) is 4.17. The van der Waals surface area contributed by atoms with Gasteiger partial charge in [0.15, 0.2) is 12.4 Å². The van der Waals surface area contributed by atoms with Crippen LogP contribution in [0.5, 0.6) is 0 Å². The van der Waals surface area contributed by atoms with Crippen molar-refractivity contribution >= 4 is 0 Å². The van der Waals surface area contributed by atoms with Crippen molar-refractivity contribution in [2.24, 2.45) is 40.4 Å². The van der Waals surface area contributed by atoms with Gasteiger partial charge in [-0.25, -0.2) is 0 Å². The Hall–Kier alpha value is -1.42. The van der Waals surface area contributed by atoms with Crippen LogP contribution >= 0.6 is 0 Å². The molecule has 28 heavy (non-hydrogen) atoms. The number of rotatable bonds is 1. The minimum atomic E-state index is 0.442. The van der Waals surface area contributed by atoms with E-state index < -0.39 is 0 Å². The maximum atomic E-state index is 9.65. The van der Waals surface area contributed by atoms with E-state index in [-0.39, 0.29) is 0 Å². The Morgan fingerprint density at radius 2 is 1.75 bits per heavy atom. The molecule has 4 aliphatic carbocycles. The SMILES string of the molecule is C[C@H]1[C@H]2CC[C@H]3[C@@H]4CC[C@H]5C[C@@H](N(C)C#N)CC[C@]5(C)[C@H]4CC[C@]23CN1C#N. The highest BCUT2D eigenvalue weighted by atomic mass is 15.2. The van der Waals surface area contributed by atoms with Crippen LogP contribution < -0.4 is 0 Å². The van der Waals surface area contributed by atoms with Crippen molar-refractivity contribution in [3.8, 4) is 12.4 Å². The van der Waals surface area contributed by atoms with Crippen molar-refractivity contribution < 1.29 is 0 Å². The third kappa shape index (κ3) is 2.27. The Morgan fingerprint density at radius 1 is 0.964 bits per heavy atom. The highest BCUT2D eigenvalue weighted by Crippen LogP contribution is 2.69. The quantitative estimate of drug-likeness (QED) is 0.493. The first-order valence-electron chi connectivity index (χ1n) is 11.7. The van der Waals surface area contributed by atoms with Crippen molar-refractivity contribution in [3.05, 3.63) is 0 Å². The number of hydrogen-bond donors (Lipinski definition) is 0. The van der Waals surface area contributed by atoms with E-state index in [4.69, 9.17) is 0 Å². The molecule has 1 spiro atoms. The second-order valence-corrected chi connectivity index (χ2v) is 11.2. The lowest BCUT2D eigenvalue weighted by Crippen LogP contribution is -2.55. The molecule has 5 fully saturated rings. The van der Waals surface area contributed by atoms with Crippen LogP contribution in [0.1, 0.15) is 71.6 Å². The molecule has 1 heterocycles. The van der Waals surface area contributed by atoms with E-state index in [1.54, 1.807) is 0 Å². The van der Waals surface area contributed by atoms with Crippen LogP contribution in [0.25, 0.3) is 0 Å². The van der Waals surface area contributed by atoms with Crippen LogP contribution in [0.15, 0.2) is 0 Å². The van der Waals surface area contributed by atoms with Crippen molar-refractivity contribution in [2.75, 3.05) is 13.6 Å². The van der Waals surface area contributed by atoms with E-state index in [2.05, 4.69) is 31.1 Å². The fourth-order valence-electron chi connectivity index (χ4n) is 9.36. The van der Waals surface area contributed by atoms with Gasteiger partial charge in [-0.05, 0) is 105 Å². The lowest BCUT2D eigenvalue weighted by atomic mass is 9.44. The zero-order chi connectivity index (χ0) is 19.7. The summed E-state index contributed by atoms with van der Waals surface area (Å²) in [4.78, 5) is 4.03. The molecule has 0 aromatic rings. The van der Waals surface area contributed by atoms with Gasteiger partial charge in [0.2, 0.25) is 0 Å². The van der Waals surface area contributed by atoms with Gasteiger partial charge in [-0.2, -0.15) is 10.5 Å². The third-order valence-corrected chi connectivity index (χ3v) is 10.8.